The van der Waals surface area contributed by atoms with Gasteiger partial charge in [0.2, 0.25) is 5.91 Å². The number of nitrogens with one attached hydrogen (secondary N) is 2. The highest BCUT2D eigenvalue weighted by atomic mass is 32.1. The van der Waals surface area contributed by atoms with Crippen molar-refractivity contribution in [2.75, 3.05) is 0 Å². The molecule has 6 nitrogen and oxygen atoms in total. The average Bonchev–Trinajstić information content (AvgIpc) is 3.05. The molecule has 1 aromatic heterocycles. The van der Waals surface area contributed by atoms with Gasteiger partial charge in [-0.25, -0.2) is 9.69 Å². The smallest absolute Gasteiger partial charge is 0.325 e. The van der Waals surface area contributed by atoms with Gasteiger partial charge in [0.25, 0.3) is 5.91 Å². The highest BCUT2D eigenvalue weighted by molar-refractivity contribution is 7.10. The molecule has 1 fully saturated rings. The summed E-state index contributed by atoms with van der Waals surface area (Å²) in [5.41, 5.74) is -0.970. The van der Waals surface area contributed by atoms with Crippen molar-refractivity contribution in [3.8, 4) is 0 Å². The number of nitrogens with zero attached hydrogens (tertiary/aromatic N) is 1. The van der Waals surface area contributed by atoms with Gasteiger partial charge >= 0.3 is 6.03 Å². The summed E-state index contributed by atoms with van der Waals surface area (Å²) in [6, 6.07) is 2.46. The number of hydrogen-bond donors (Lipinski definition) is 2. The van der Waals surface area contributed by atoms with Crippen LogP contribution in [-0.4, -0.2) is 34.3 Å². The molecule has 0 bridgehead atoms. The maximum Gasteiger partial charge on any atom is 0.325 e. The molecule has 2 rings (SSSR count). The normalized spacial score (nSPS) is 19.4. The van der Waals surface area contributed by atoms with Crippen LogP contribution in [0.3, 0.4) is 0 Å². The van der Waals surface area contributed by atoms with Gasteiger partial charge in [0.1, 0.15) is 11.6 Å². The molecule has 1 saturated heterocycles. The second-order valence-electron chi connectivity index (χ2n) is 6.27. The Kier molecular flexibility index (Phi) is 5.09. The van der Waals surface area contributed by atoms with Crippen LogP contribution in [0.1, 0.15) is 51.5 Å². The number of rotatable bonds is 6. The zero-order valence-electron chi connectivity index (χ0n) is 13.9. The summed E-state index contributed by atoms with van der Waals surface area (Å²) in [6.07, 6.45) is 1.73. The van der Waals surface area contributed by atoms with Gasteiger partial charge < -0.3 is 10.6 Å². The molecule has 7 heteroatoms. The first-order chi connectivity index (χ1) is 10.8. The van der Waals surface area contributed by atoms with E-state index in [1.54, 1.807) is 32.1 Å². The fourth-order valence-electron chi connectivity index (χ4n) is 2.60. The Balaban J connectivity index is 2.10. The highest BCUT2D eigenvalue weighted by Crippen LogP contribution is 2.24. The lowest BCUT2D eigenvalue weighted by Gasteiger charge is -2.25. The molecule has 2 heterocycles. The number of carbonyl (C=O) groups is 3. The van der Waals surface area contributed by atoms with E-state index in [4.69, 9.17) is 0 Å². The molecule has 4 amide bonds. The largest absolute Gasteiger partial charge is 0.347 e. The first kappa shape index (κ1) is 17.5. The summed E-state index contributed by atoms with van der Waals surface area (Å²) in [4.78, 5) is 38.9. The highest BCUT2D eigenvalue weighted by Gasteiger charge is 2.47. The minimum atomic E-state index is -0.970. The molecule has 0 spiro atoms. The maximum absolute atomic E-state index is 12.5. The monoisotopic (exact) mass is 337 g/mol. The van der Waals surface area contributed by atoms with Crippen LogP contribution in [0.15, 0.2) is 17.5 Å². The van der Waals surface area contributed by atoms with Crippen molar-refractivity contribution < 1.29 is 14.4 Å². The number of amides is 4. The predicted octanol–water partition coefficient (Wildman–Crippen LogP) is 2.42. The number of carbonyl (C=O) groups excluding carboxylic acids is 3. The third kappa shape index (κ3) is 3.55. The lowest BCUT2D eigenvalue weighted by molar-refractivity contribution is -0.137. The van der Waals surface area contributed by atoms with E-state index >= 15 is 0 Å². The van der Waals surface area contributed by atoms with Crippen LogP contribution in [0.25, 0.3) is 0 Å². The second kappa shape index (κ2) is 6.70. The molecule has 2 N–H and O–H groups in total. The summed E-state index contributed by atoms with van der Waals surface area (Å²) in [5, 5.41) is 7.52. The van der Waals surface area contributed by atoms with E-state index in [2.05, 4.69) is 17.6 Å². The molecule has 1 aliphatic rings. The van der Waals surface area contributed by atoms with Crippen molar-refractivity contribution in [1.82, 2.24) is 15.5 Å². The SMILES string of the molecule is CCC[C@H](NC(=O)[C@H](C)N1C(=O)NC(C)(C)C1=O)c1cccs1. The second-order valence-corrected chi connectivity index (χ2v) is 7.25. The van der Waals surface area contributed by atoms with Crippen LogP contribution in [0.2, 0.25) is 0 Å². The van der Waals surface area contributed by atoms with E-state index in [9.17, 15) is 14.4 Å². The van der Waals surface area contributed by atoms with Crippen LogP contribution in [0, 0.1) is 0 Å². The van der Waals surface area contributed by atoms with E-state index in [1.165, 1.54) is 0 Å². The summed E-state index contributed by atoms with van der Waals surface area (Å²) >= 11 is 1.58. The number of imide groups is 1. The van der Waals surface area contributed by atoms with Gasteiger partial charge in [-0.3, -0.25) is 9.59 Å². The molecule has 126 valence electrons. The first-order valence-corrected chi connectivity index (χ1v) is 8.65. The Hall–Kier alpha value is -1.89. The molecular weight excluding hydrogens is 314 g/mol. The Morgan fingerprint density at radius 1 is 1.43 bits per heavy atom. The quantitative estimate of drug-likeness (QED) is 0.783. The zero-order chi connectivity index (χ0) is 17.2. The van der Waals surface area contributed by atoms with Crippen LogP contribution in [-0.2, 0) is 9.59 Å². The Bertz CT molecular complexity index is 598. The van der Waals surface area contributed by atoms with Crippen molar-refractivity contribution in [1.29, 1.82) is 0 Å². The van der Waals surface area contributed by atoms with Crippen molar-refractivity contribution in [3.63, 3.8) is 0 Å². The fourth-order valence-corrected chi connectivity index (χ4v) is 3.41. The topological polar surface area (TPSA) is 78.5 Å². The van der Waals surface area contributed by atoms with Gasteiger partial charge in [0.15, 0.2) is 0 Å². The molecule has 1 aromatic rings. The summed E-state index contributed by atoms with van der Waals surface area (Å²) in [7, 11) is 0. The molecule has 0 unspecified atom stereocenters. The van der Waals surface area contributed by atoms with Gasteiger partial charge in [0.05, 0.1) is 6.04 Å². The number of urea groups is 1. The average molecular weight is 337 g/mol. The van der Waals surface area contributed by atoms with Crippen LogP contribution < -0.4 is 10.6 Å². The van der Waals surface area contributed by atoms with Crippen LogP contribution in [0.5, 0.6) is 0 Å². The van der Waals surface area contributed by atoms with E-state index < -0.39 is 17.6 Å². The molecular formula is C16H23N3O3S. The van der Waals surface area contributed by atoms with Crippen molar-refractivity contribution >= 4 is 29.2 Å². The Morgan fingerprint density at radius 2 is 2.13 bits per heavy atom. The lowest BCUT2D eigenvalue weighted by atomic mass is 10.1. The lowest BCUT2D eigenvalue weighted by Crippen LogP contribution is -2.49. The first-order valence-electron chi connectivity index (χ1n) is 7.77. The van der Waals surface area contributed by atoms with Gasteiger partial charge in [-0.15, -0.1) is 11.3 Å². The molecule has 0 radical (unpaired) electrons. The number of hydrogen-bond acceptors (Lipinski definition) is 4. The fraction of sp³-hybridized carbons (Fsp3) is 0.562. The van der Waals surface area contributed by atoms with Crippen LogP contribution in [0.4, 0.5) is 4.79 Å². The zero-order valence-corrected chi connectivity index (χ0v) is 14.7. The van der Waals surface area contributed by atoms with Crippen molar-refractivity contribution in [2.45, 2.75) is 58.2 Å². The van der Waals surface area contributed by atoms with E-state index in [1.807, 2.05) is 17.5 Å². The van der Waals surface area contributed by atoms with Gasteiger partial charge in [-0.1, -0.05) is 19.4 Å². The maximum atomic E-state index is 12.5. The van der Waals surface area contributed by atoms with Crippen molar-refractivity contribution in [2.24, 2.45) is 0 Å². The molecule has 0 saturated carbocycles. The molecule has 0 aliphatic carbocycles. The third-order valence-electron chi connectivity index (χ3n) is 3.94. The summed E-state index contributed by atoms with van der Waals surface area (Å²) in [6.45, 7) is 6.88. The van der Waals surface area contributed by atoms with Gasteiger partial charge in [-0.2, -0.15) is 0 Å². The minimum absolute atomic E-state index is 0.0938. The summed E-state index contributed by atoms with van der Waals surface area (Å²) < 4.78 is 0. The van der Waals surface area contributed by atoms with E-state index in [-0.39, 0.29) is 17.9 Å². The Morgan fingerprint density at radius 3 is 2.61 bits per heavy atom. The third-order valence-corrected chi connectivity index (χ3v) is 4.92. The van der Waals surface area contributed by atoms with Crippen LogP contribution >= 0.6 is 11.3 Å². The molecule has 1 aliphatic heterocycles. The molecule has 2 atom stereocenters. The molecule has 23 heavy (non-hydrogen) atoms. The standard InChI is InChI=1S/C16H23N3O3S/c1-5-7-11(12-8-6-9-23-12)17-13(20)10(2)19-14(21)16(3,4)18-15(19)22/h6,8-11H,5,7H2,1-4H3,(H,17,20)(H,18,22)/t10-,11-/m0/s1. The number of thiophene rings is 1. The van der Waals surface area contributed by atoms with E-state index in [0.717, 1.165) is 22.6 Å². The van der Waals surface area contributed by atoms with Gasteiger partial charge in [-0.05, 0) is 38.6 Å². The van der Waals surface area contributed by atoms with Crippen molar-refractivity contribution in [3.05, 3.63) is 22.4 Å². The van der Waals surface area contributed by atoms with E-state index in [0.29, 0.717) is 0 Å². The predicted molar refractivity (Wildman–Crippen MR) is 89.0 cm³/mol. The summed E-state index contributed by atoms with van der Waals surface area (Å²) in [5.74, 6) is -0.702. The Labute approximate surface area is 140 Å². The molecule has 0 aromatic carbocycles. The van der Waals surface area contributed by atoms with Gasteiger partial charge in [0, 0.05) is 4.88 Å². The minimum Gasteiger partial charge on any atom is -0.347 e.